The largest absolute Gasteiger partial charge is 0.462 e. The average molecular weight is 285 g/mol. The summed E-state index contributed by atoms with van der Waals surface area (Å²) in [4.78, 5) is 11.9. The molecule has 0 spiro atoms. The van der Waals surface area contributed by atoms with Crippen molar-refractivity contribution in [2.45, 2.75) is 10.8 Å². The molecule has 1 atom stereocenters. The summed E-state index contributed by atoms with van der Waals surface area (Å²) in [5.41, 5.74) is 1.30. The lowest BCUT2D eigenvalue weighted by Gasteiger charge is -2.05. The molecule has 3 rings (SSSR count). The van der Waals surface area contributed by atoms with Crippen LogP contribution in [0.3, 0.4) is 0 Å². The van der Waals surface area contributed by atoms with Gasteiger partial charge in [-0.3, -0.25) is 5.10 Å². The zero-order chi connectivity index (χ0) is 12.8. The molecule has 94 valence electrons. The third kappa shape index (κ3) is 2.06. The van der Waals surface area contributed by atoms with Gasteiger partial charge in [0.1, 0.15) is 4.33 Å². The molecule has 1 saturated carbocycles. The zero-order valence-electron chi connectivity index (χ0n) is 9.32. The molecular formula is C12H10Cl2N2O2. The number of fused-ring (bicyclic) bond motifs is 1. The molecule has 0 amide bonds. The first-order chi connectivity index (χ1) is 8.58. The predicted molar refractivity (Wildman–Crippen MR) is 68.9 cm³/mol. The monoisotopic (exact) mass is 284 g/mol. The van der Waals surface area contributed by atoms with E-state index in [1.165, 1.54) is 0 Å². The second-order valence-corrected chi connectivity index (χ2v) is 5.94. The average Bonchev–Trinajstić information content (AvgIpc) is 2.78. The van der Waals surface area contributed by atoms with Crippen LogP contribution in [0.5, 0.6) is 0 Å². The Kier molecular flexibility index (Phi) is 2.72. The van der Waals surface area contributed by atoms with E-state index in [1.54, 1.807) is 18.3 Å². The fourth-order valence-corrected chi connectivity index (χ4v) is 2.35. The number of H-pyrrole nitrogens is 1. The normalized spacial score (nSPS) is 20.9. The molecule has 1 aliphatic rings. The van der Waals surface area contributed by atoms with E-state index in [0.717, 1.165) is 10.9 Å². The van der Waals surface area contributed by atoms with Crippen LogP contribution in [0.1, 0.15) is 16.8 Å². The number of rotatable bonds is 3. The van der Waals surface area contributed by atoms with Crippen molar-refractivity contribution < 1.29 is 9.53 Å². The van der Waals surface area contributed by atoms with Crippen molar-refractivity contribution in [3.8, 4) is 0 Å². The molecule has 1 aromatic heterocycles. The first-order valence-corrected chi connectivity index (χ1v) is 6.30. The van der Waals surface area contributed by atoms with Crippen LogP contribution < -0.4 is 0 Å². The number of aromatic amines is 1. The molecule has 1 N–H and O–H groups in total. The van der Waals surface area contributed by atoms with Crippen LogP contribution >= 0.6 is 23.2 Å². The number of benzene rings is 1. The van der Waals surface area contributed by atoms with E-state index in [-0.39, 0.29) is 18.5 Å². The molecule has 1 heterocycles. The number of aromatic nitrogens is 2. The van der Waals surface area contributed by atoms with Crippen LogP contribution in [0.15, 0.2) is 24.4 Å². The molecule has 1 fully saturated rings. The van der Waals surface area contributed by atoms with Gasteiger partial charge in [-0.15, -0.1) is 23.2 Å². The van der Waals surface area contributed by atoms with E-state index in [1.807, 2.05) is 6.07 Å². The summed E-state index contributed by atoms with van der Waals surface area (Å²) in [6.45, 7) is 0.250. The summed E-state index contributed by atoms with van der Waals surface area (Å²) in [6, 6.07) is 5.34. The smallest absolute Gasteiger partial charge is 0.338 e. The maximum Gasteiger partial charge on any atom is 0.338 e. The fraction of sp³-hybridized carbons (Fsp3) is 0.333. The highest BCUT2D eigenvalue weighted by atomic mass is 35.5. The minimum atomic E-state index is -0.720. The first-order valence-electron chi connectivity index (χ1n) is 5.55. The number of hydrogen-bond acceptors (Lipinski definition) is 3. The van der Waals surface area contributed by atoms with Gasteiger partial charge in [0.15, 0.2) is 0 Å². The predicted octanol–water partition coefficient (Wildman–Crippen LogP) is 2.91. The standard InChI is InChI=1S/C12H10Cl2N2O2/c13-12(14)4-7(12)6-18-11(17)8-2-1-3-10-9(8)5-15-16-10/h1-3,5,7H,4,6H2,(H,15,16). The molecule has 1 aliphatic carbocycles. The van der Waals surface area contributed by atoms with Crippen molar-refractivity contribution in [3.63, 3.8) is 0 Å². The van der Waals surface area contributed by atoms with Gasteiger partial charge in [-0.25, -0.2) is 4.79 Å². The van der Waals surface area contributed by atoms with Gasteiger partial charge in [0.25, 0.3) is 0 Å². The summed E-state index contributed by atoms with van der Waals surface area (Å²) in [5, 5.41) is 7.46. The van der Waals surface area contributed by atoms with Crippen LogP contribution in [-0.2, 0) is 4.74 Å². The van der Waals surface area contributed by atoms with Crippen LogP contribution in [0.2, 0.25) is 0 Å². The number of ether oxygens (including phenoxy) is 1. The highest BCUT2D eigenvalue weighted by Gasteiger charge is 2.52. The molecule has 1 aromatic carbocycles. The van der Waals surface area contributed by atoms with E-state index in [0.29, 0.717) is 12.0 Å². The molecular weight excluding hydrogens is 275 g/mol. The van der Waals surface area contributed by atoms with Crippen molar-refractivity contribution >= 4 is 40.1 Å². The number of esters is 1. The van der Waals surface area contributed by atoms with Crippen molar-refractivity contribution in [1.82, 2.24) is 10.2 Å². The third-order valence-electron chi connectivity index (χ3n) is 3.08. The molecule has 0 bridgehead atoms. The maximum atomic E-state index is 11.9. The van der Waals surface area contributed by atoms with E-state index in [9.17, 15) is 4.79 Å². The Bertz CT molecular complexity index is 609. The Morgan fingerprint density at radius 2 is 2.33 bits per heavy atom. The van der Waals surface area contributed by atoms with Crippen molar-refractivity contribution in [1.29, 1.82) is 0 Å². The number of nitrogens with zero attached hydrogens (tertiary/aromatic N) is 1. The van der Waals surface area contributed by atoms with Crippen LogP contribution in [0.4, 0.5) is 0 Å². The van der Waals surface area contributed by atoms with Gasteiger partial charge in [0.2, 0.25) is 0 Å². The van der Waals surface area contributed by atoms with Crippen molar-refractivity contribution in [2.75, 3.05) is 6.61 Å². The second-order valence-electron chi connectivity index (χ2n) is 4.40. The van der Waals surface area contributed by atoms with Gasteiger partial charge in [-0.2, -0.15) is 5.10 Å². The maximum absolute atomic E-state index is 11.9. The number of halogens is 2. The van der Waals surface area contributed by atoms with Crippen molar-refractivity contribution in [3.05, 3.63) is 30.0 Å². The third-order valence-corrected chi connectivity index (χ3v) is 4.00. The molecule has 18 heavy (non-hydrogen) atoms. The molecule has 0 aliphatic heterocycles. The quantitative estimate of drug-likeness (QED) is 0.697. The van der Waals surface area contributed by atoms with Crippen LogP contribution in [0, 0.1) is 5.92 Å². The lowest BCUT2D eigenvalue weighted by molar-refractivity contribution is 0.0487. The highest BCUT2D eigenvalue weighted by molar-refractivity contribution is 6.50. The van der Waals surface area contributed by atoms with E-state index in [4.69, 9.17) is 27.9 Å². The molecule has 1 unspecified atom stereocenters. The Morgan fingerprint density at radius 3 is 3.06 bits per heavy atom. The first kappa shape index (κ1) is 11.8. The SMILES string of the molecule is O=C(OCC1CC1(Cl)Cl)c1cccc2[nH]ncc12. The molecule has 2 aromatic rings. The van der Waals surface area contributed by atoms with Crippen LogP contribution in [-0.4, -0.2) is 27.1 Å². The number of nitrogens with one attached hydrogen (secondary N) is 1. The number of alkyl halides is 2. The van der Waals surface area contributed by atoms with Gasteiger partial charge < -0.3 is 4.74 Å². The van der Waals surface area contributed by atoms with E-state index in [2.05, 4.69) is 10.2 Å². The Morgan fingerprint density at radius 1 is 1.56 bits per heavy atom. The van der Waals surface area contributed by atoms with E-state index < -0.39 is 4.33 Å². The van der Waals surface area contributed by atoms with Crippen molar-refractivity contribution in [2.24, 2.45) is 5.92 Å². The lowest BCUT2D eigenvalue weighted by atomic mass is 10.1. The zero-order valence-corrected chi connectivity index (χ0v) is 10.8. The summed E-state index contributed by atoms with van der Waals surface area (Å²) in [5.74, 6) is -0.341. The fourth-order valence-electron chi connectivity index (χ4n) is 1.85. The van der Waals surface area contributed by atoms with E-state index >= 15 is 0 Å². The number of carbonyl (C=O) groups excluding carboxylic acids is 1. The van der Waals surface area contributed by atoms with Gasteiger partial charge in [-0.1, -0.05) is 6.07 Å². The Hall–Kier alpha value is -1.26. The molecule has 4 nitrogen and oxygen atoms in total. The Labute approximate surface area is 113 Å². The minimum Gasteiger partial charge on any atom is -0.462 e. The topological polar surface area (TPSA) is 55.0 Å². The number of carbonyl (C=O) groups is 1. The highest BCUT2D eigenvalue weighted by Crippen LogP contribution is 2.53. The van der Waals surface area contributed by atoms with Crippen LogP contribution in [0.25, 0.3) is 10.9 Å². The molecule has 0 radical (unpaired) electrons. The number of hydrogen-bond donors (Lipinski definition) is 1. The minimum absolute atomic E-state index is 0.0355. The lowest BCUT2D eigenvalue weighted by Crippen LogP contribution is -2.10. The Balaban J connectivity index is 1.74. The second kappa shape index (κ2) is 4.14. The summed E-state index contributed by atoms with van der Waals surface area (Å²) in [7, 11) is 0. The summed E-state index contributed by atoms with van der Waals surface area (Å²) in [6.07, 6.45) is 2.27. The molecule has 6 heteroatoms. The summed E-state index contributed by atoms with van der Waals surface area (Å²) < 4.78 is 4.50. The molecule has 0 saturated heterocycles. The van der Waals surface area contributed by atoms with Gasteiger partial charge in [0, 0.05) is 11.3 Å². The van der Waals surface area contributed by atoms with Gasteiger partial charge >= 0.3 is 5.97 Å². The van der Waals surface area contributed by atoms with Gasteiger partial charge in [-0.05, 0) is 18.6 Å². The van der Waals surface area contributed by atoms with Gasteiger partial charge in [0.05, 0.1) is 23.9 Å². The summed E-state index contributed by atoms with van der Waals surface area (Å²) >= 11 is 11.7.